The van der Waals surface area contributed by atoms with E-state index in [1.807, 2.05) is 12.1 Å². The molecule has 32 heavy (non-hydrogen) atoms. The van der Waals surface area contributed by atoms with Gasteiger partial charge in [-0.15, -0.1) is 0 Å². The van der Waals surface area contributed by atoms with E-state index in [1.165, 1.54) is 37.6 Å². The fraction of sp³-hybridized carbons (Fsp3) is 0.519. The maximum atomic E-state index is 14.0. The van der Waals surface area contributed by atoms with Crippen LogP contribution in [0.5, 0.6) is 0 Å². The van der Waals surface area contributed by atoms with Crippen molar-refractivity contribution in [2.45, 2.75) is 52.2 Å². The Hall–Kier alpha value is -2.24. The first-order valence-corrected chi connectivity index (χ1v) is 12.1. The summed E-state index contributed by atoms with van der Waals surface area (Å²) in [6.07, 6.45) is 4.45. The number of halogens is 1. The number of hydrogen-bond donors (Lipinski definition) is 1. The molecule has 1 amide bonds. The second-order valence-corrected chi connectivity index (χ2v) is 9.66. The molecule has 1 unspecified atom stereocenters. The monoisotopic (exact) mass is 437 g/mol. The van der Waals surface area contributed by atoms with Gasteiger partial charge < -0.3 is 5.32 Å². The highest BCUT2D eigenvalue weighted by Crippen LogP contribution is 2.21. The molecule has 2 aliphatic heterocycles. The number of amides is 1. The largest absolute Gasteiger partial charge is 0.352 e. The topological polar surface area (TPSA) is 35.6 Å². The number of benzene rings is 2. The van der Waals surface area contributed by atoms with Gasteiger partial charge in [0.2, 0.25) is 5.91 Å². The van der Waals surface area contributed by atoms with E-state index in [1.54, 1.807) is 6.07 Å². The lowest BCUT2D eigenvalue weighted by Gasteiger charge is -2.32. The summed E-state index contributed by atoms with van der Waals surface area (Å²) in [6.45, 7) is 8.46. The molecular weight excluding hydrogens is 401 g/mol. The number of rotatable bonds is 7. The van der Waals surface area contributed by atoms with Gasteiger partial charge in [-0.1, -0.05) is 49.4 Å². The normalized spacial score (nSPS) is 20.9. The van der Waals surface area contributed by atoms with Crippen LogP contribution in [0.15, 0.2) is 48.5 Å². The molecular formula is C27H36FN3O. The molecule has 0 aliphatic carbocycles. The van der Waals surface area contributed by atoms with Crippen molar-refractivity contribution in [3.05, 3.63) is 71.0 Å². The molecule has 2 saturated heterocycles. The molecule has 0 saturated carbocycles. The van der Waals surface area contributed by atoms with E-state index in [0.29, 0.717) is 25.2 Å². The molecule has 2 fully saturated rings. The molecule has 1 N–H and O–H groups in total. The molecule has 4 nitrogen and oxygen atoms in total. The molecule has 2 aliphatic rings. The predicted molar refractivity (Wildman–Crippen MR) is 126 cm³/mol. The van der Waals surface area contributed by atoms with Crippen molar-refractivity contribution in [2.75, 3.05) is 26.2 Å². The smallest absolute Gasteiger partial charge is 0.224 e. The summed E-state index contributed by atoms with van der Waals surface area (Å²) in [5.41, 5.74) is 3.17. The Labute approximate surface area is 191 Å². The maximum Gasteiger partial charge on any atom is 0.224 e. The van der Waals surface area contributed by atoms with Gasteiger partial charge in [0.25, 0.3) is 0 Å². The first kappa shape index (κ1) is 22.9. The lowest BCUT2D eigenvalue weighted by atomic mass is 9.96. The molecule has 0 aromatic heterocycles. The van der Waals surface area contributed by atoms with Crippen LogP contribution in [-0.4, -0.2) is 41.9 Å². The van der Waals surface area contributed by atoms with E-state index >= 15 is 0 Å². The standard InChI is InChI=1S/C27H36FN3O/c1-21-12-15-30(16-13-21)18-23-10-8-22(9-11-23)17-29-27(32)25-6-4-14-31(20-25)19-24-5-2-3-7-26(24)28/h2-3,5,7-11,21,25H,4,6,12-20H2,1H3,(H,29,32). The number of likely N-dealkylation sites (tertiary alicyclic amines) is 2. The second-order valence-electron chi connectivity index (χ2n) is 9.66. The first-order valence-electron chi connectivity index (χ1n) is 12.1. The average Bonchev–Trinajstić information content (AvgIpc) is 2.81. The van der Waals surface area contributed by atoms with E-state index in [4.69, 9.17) is 0 Å². The molecule has 1 atom stereocenters. The molecule has 2 aromatic carbocycles. The zero-order valence-corrected chi connectivity index (χ0v) is 19.2. The summed E-state index contributed by atoms with van der Waals surface area (Å²) in [7, 11) is 0. The van der Waals surface area contributed by atoms with Gasteiger partial charge in [-0.3, -0.25) is 14.6 Å². The summed E-state index contributed by atoms with van der Waals surface area (Å²) in [5, 5.41) is 3.12. The molecule has 2 heterocycles. The molecule has 0 radical (unpaired) electrons. The zero-order chi connectivity index (χ0) is 22.3. The number of nitrogens with one attached hydrogen (secondary N) is 1. The molecule has 0 bridgehead atoms. The van der Waals surface area contributed by atoms with Crippen LogP contribution in [0.1, 0.15) is 49.3 Å². The van der Waals surface area contributed by atoms with Crippen molar-refractivity contribution in [1.29, 1.82) is 0 Å². The number of carbonyl (C=O) groups excluding carboxylic acids is 1. The summed E-state index contributed by atoms with van der Waals surface area (Å²) >= 11 is 0. The van der Waals surface area contributed by atoms with Gasteiger partial charge >= 0.3 is 0 Å². The van der Waals surface area contributed by atoms with Crippen LogP contribution in [-0.2, 0) is 24.4 Å². The summed E-state index contributed by atoms with van der Waals surface area (Å²) in [6, 6.07) is 15.6. The maximum absolute atomic E-state index is 14.0. The van der Waals surface area contributed by atoms with Gasteiger partial charge in [-0.05, 0) is 68.4 Å². The van der Waals surface area contributed by atoms with E-state index < -0.39 is 0 Å². The molecule has 0 spiro atoms. The average molecular weight is 438 g/mol. The van der Waals surface area contributed by atoms with Crippen LogP contribution in [0.4, 0.5) is 4.39 Å². The first-order chi connectivity index (χ1) is 15.6. The Kier molecular flexibility index (Phi) is 7.93. The predicted octanol–water partition coefficient (Wildman–Crippen LogP) is 4.59. The van der Waals surface area contributed by atoms with E-state index in [0.717, 1.165) is 37.4 Å². The Morgan fingerprint density at radius 2 is 1.66 bits per heavy atom. The number of hydrogen-bond acceptors (Lipinski definition) is 3. The van der Waals surface area contributed by atoms with Gasteiger partial charge in [0, 0.05) is 31.7 Å². The van der Waals surface area contributed by atoms with Crippen LogP contribution in [0.3, 0.4) is 0 Å². The van der Waals surface area contributed by atoms with Crippen molar-refractivity contribution in [1.82, 2.24) is 15.1 Å². The van der Waals surface area contributed by atoms with Crippen LogP contribution >= 0.6 is 0 Å². The van der Waals surface area contributed by atoms with Crippen molar-refractivity contribution in [3.63, 3.8) is 0 Å². The molecule has 172 valence electrons. The SMILES string of the molecule is CC1CCN(Cc2ccc(CNC(=O)C3CCCN(Cc4ccccc4F)C3)cc2)CC1. The summed E-state index contributed by atoms with van der Waals surface area (Å²) in [5.74, 6) is 0.761. The Balaban J connectivity index is 1.23. The summed E-state index contributed by atoms with van der Waals surface area (Å²) < 4.78 is 14.0. The number of carbonyl (C=O) groups is 1. The number of nitrogens with zero attached hydrogens (tertiary/aromatic N) is 2. The zero-order valence-electron chi connectivity index (χ0n) is 19.2. The third-order valence-electron chi connectivity index (χ3n) is 7.00. The fourth-order valence-electron chi connectivity index (χ4n) is 4.86. The van der Waals surface area contributed by atoms with Gasteiger partial charge in [0.1, 0.15) is 5.82 Å². The Bertz CT molecular complexity index is 877. The fourth-order valence-corrected chi connectivity index (χ4v) is 4.86. The lowest BCUT2D eigenvalue weighted by Crippen LogP contribution is -2.42. The lowest BCUT2D eigenvalue weighted by molar-refractivity contribution is -0.126. The number of piperidine rings is 2. The minimum atomic E-state index is -0.169. The minimum Gasteiger partial charge on any atom is -0.352 e. The minimum absolute atomic E-state index is 0.0312. The van der Waals surface area contributed by atoms with Gasteiger partial charge in [-0.25, -0.2) is 4.39 Å². The van der Waals surface area contributed by atoms with Crippen molar-refractivity contribution in [2.24, 2.45) is 11.8 Å². The van der Waals surface area contributed by atoms with Crippen molar-refractivity contribution >= 4 is 5.91 Å². The highest BCUT2D eigenvalue weighted by molar-refractivity contribution is 5.79. The van der Waals surface area contributed by atoms with Gasteiger partial charge in [-0.2, -0.15) is 0 Å². The molecule has 4 rings (SSSR count). The van der Waals surface area contributed by atoms with Crippen LogP contribution < -0.4 is 5.32 Å². The quantitative estimate of drug-likeness (QED) is 0.688. The van der Waals surface area contributed by atoms with E-state index in [-0.39, 0.29) is 17.6 Å². The third-order valence-corrected chi connectivity index (χ3v) is 7.00. The molecule has 2 aromatic rings. The van der Waals surface area contributed by atoms with Crippen LogP contribution in [0.2, 0.25) is 0 Å². The second kappa shape index (κ2) is 11.1. The third kappa shape index (κ3) is 6.39. The Morgan fingerprint density at radius 3 is 2.41 bits per heavy atom. The molecule has 5 heteroatoms. The van der Waals surface area contributed by atoms with Crippen LogP contribution in [0, 0.1) is 17.7 Å². The van der Waals surface area contributed by atoms with E-state index in [9.17, 15) is 9.18 Å². The van der Waals surface area contributed by atoms with Crippen LogP contribution in [0.25, 0.3) is 0 Å². The summed E-state index contributed by atoms with van der Waals surface area (Å²) in [4.78, 5) is 17.5. The van der Waals surface area contributed by atoms with Gasteiger partial charge in [0.05, 0.1) is 5.92 Å². The van der Waals surface area contributed by atoms with Crippen molar-refractivity contribution < 1.29 is 9.18 Å². The highest BCUT2D eigenvalue weighted by atomic mass is 19.1. The van der Waals surface area contributed by atoms with E-state index in [2.05, 4.69) is 46.3 Å². The van der Waals surface area contributed by atoms with Gasteiger partial charge in [0.15, 0.2) is 0 Å². The highest BCUT2D eigenvalue weighted by Gasteiger charge is 2.26. The Morgan fingerprint density at radius 1 is 0.938 bits per heavy atom. The van der Waals surface area contributed by atoms with Crippen molar-refractivity contribution in [3.8, 4) is 0 Å².